The Kier molecular flexibility index (Phi) is 3.56. The predicted octanol–water partition coefficient (Wildman–Crippen LogP) is 1.45. The molecule has 4 heteroatoms. The van der Waals surface area contributed by atoms with Crippen LogP contribution in [0, 0.1) is 0 Å². The SMILES string of the molecule is CCn1cnc(Cl)c1CCCN. The number of nitrogens with two attached hydrogens (primary N) is 1. The van der Waals surface area contributed by atoms with Gasteiger partial charge in [0.05, 0.1) is 12.0 Å². The Hall–Kier alpha value is -0.540. The van der Waals surface area contributed by atoms with Gasteiger partial charge >= 0.3 is 0 Å². The van der Waals surface area contributed by atoms with Gasteiger partial charge in [0.2, 0.25) is 0 Å². The summed E-state index contributed by atoms with van der Waals surface area (Å²) in [5, 5.41) is 0.616. The van der Waals surface area contributed by atoms with Gasteiger partial charge in [-0.3, -0.25) is 0 Å². The van der Waals surface area contributed by atoms with Crippen LogP contribution in [0.25, 0.3) is 0 Å². The second-order valence-electron chi connectivity index (χ2n) is 2.66. The van der Waals surface area contributed by atoms with Gasteiger partial charge in [-0.2, -0.15) is 0 Å². The average Bonchev–Trinajstić information content (AvgIpc) is 2.43. The molecule has 0 saturated carbocycles. The van der Waals surface area contributed by atoms with Crippen LogP contribution in [-0.2, 0) is 13.0 Å². The minimum atomic E-state index is 0.616. The van der Waals surface area contributed by atoms with Crippen LogP contribution < -0.4 is 5.73 Å². The first-order chi connectivity index (χ1) is 5.79. The number of hydrogen-bond acceptors (Lipinski definition) is 2. The summed E-state index contributed by atoms with van der Waals surface area (Å²) < 4.78 is 2.05. The molecule has 68 valence electrons. The molecule has 0 aliphatic heterocycles. The van der Waals surface area contributed by atoms with Crippen molar-refractivity contribution in [3.8, 4) is 0 Å². The van der Waals surface area contributed by atoms with Gasteiger partial charge in [0.1, 0.15) is 5.15 Å². The standard InChI is InChI=1S/C8H14ClN3/c1-2-12-6-11-8(9)7(12)4-3-5-10/h6H,2-5,10H2,1H3. The molecule has 0 aromatic carbocycles. The van der Waals surface area contributed by atoms with Gasteiger partial charge in [-0.05, 0) is 26.3 Å². The van der Waals surface area contributed by atoms with E-state index in [1.54, 1.807) is 6.33 Å². The van der Waals surface area contributed by atoms with Crippen molar-refractivity contribution in [3.05, 3.63) is 17.2 Å². The van der Waals surface area contributed by atoms with Crippen LogP contribution >= 0.6 is 11.6 Å². The van der Waals surface area contributed by atoms with Crippen LogP contribution in [0.4, 0.5) is 0 Å². The highest BCUT2D eigenvalue weighted by Gasteiger charge is 2.06. The molecule has 0 aliphatic rings. The number of imidazole rings is 1. The quantitative estimate of drug-likeness (QED) is 0.776. The Bertz CT molecular complexity index is 244. The van der Waals surface area contributed by atoms with E-state index in [0.29, 0.717) is 11.7 Å². The molecule has 0 saturated heterocycles. The van der Waals surface area contributed by atoms with Crippen molar-refractivity contribution in [2.45, 2.75) is 26.3 Å². The van der Waals surface area contributed by atoms with Crippen molar-refractivity contribution in [2.24, 2.45) is 5.73 Å². The molecule has 0 aliphatic carbocycles. The molecule has 0 spiro atoms. The first-order valence-corrected chi connectivity index (χ1v) is 4.57. The zero-order valence-corrected chi connectivity index (χ0v) is 8.01. The van der Waals surface area contributed by atoms with Crippen molar-refractivity contribution in [2.75, 3.05) is 6.54 Å². The predicted molar refractivity (Wildman–Crippen MR) is 50.3 cm³/mol. The van der Waals surface area contributed by atoms with Gasteiger partial charge in [0.15, 0.2) is 0 Å². The third-order valence-corrected chi connectivity index (χ3v) is 2.17. The van der Waals surface area contributed by atoms with Crippen LogP contribution in [0.2, 0.25) is 5.15 Å². The molecule has 1 rings (SSSR count). The molecule has 0 radical (unpaired) electrons. The van der Waals surface area contributed by atoms with E-state index in [9.17, 15) is 0 Å². The molecular weight excluding hydrogens is 174 g/mol. The van der Waals surface area contributed by atoms with Crippen LogP contribution in [0.5, 0.6) is 0 Å². The Morgan fingerprint density at radius 1 is 1.67 bits per heavy atom. The van der Waals surface area contributed by atoms with Crippen LogP contribution in [0.15, 0.2) is 6.33 Å². The van der Waals surface area contributed by atoms with Crippen LogP contribution in [-0.4, -0.2) is 16.1 Å². The van der Waals surface area contributed by atoms with E-state index in [4.69, 9.17) is 17.3 Å². The highest BCUT2D eigenvalue weighted by atomic mass is 35.5. The number of hydrogen-bond donors (Lipinski definition) is 1. The Balaban J connectivity index is 2.72. The van der Waals surface area contributed by atoms with E-state index < -0.39 is 0 Å². The molecule has 1 heterocycles. The molecule has 0 amide bonds. The molecule has 0 unspecified atom stereocenters. The minimum Gasteiger partial charge on any atom is -0.333 e. The smallest absolute Gasteiger partial charge is 0.150 e. The number of aromatic nitrogens is 2. The highest BCUT2D eigenvalue weighted by molar-refractivity contribution is 6.30. The summed E-state index contributed by atoms with van der Waals surface area (Å²) in [5.74, 6) is 0. The first-order valence-electron chi connectivity index (χ1n) is 4.19. The van der Waals surface area contributed by atoms with Crippen molar-refractivity contribution in [3.63, 3.8) is 0 Å². The van der Waals surface area contributed by atoms with Crippen molar-refractivity contribution in [1.82, 2.24) is 9.55 Å². The minimum absolute atomic E-state index is 0.616. The topological polar surface area (TPSA) is 43.8 Å². The van der Waals surface area contributed by atoms with Gasteiger partial charge in [0.25, 0.3) is 0 Å². The lowest BCUT2D eigenvalue weighted by atomic mass is 10.2. The number of aryl methyl sites for hydroxylation is 1. The maximum Gasteiger partial charge on any atom is 0.150 e. The summed E-state index contributed by atoms with van der Waals surface area (Å²) in [7, 11) is 0. The lowest BCUT2D eigenvalue weighted by Gasteiger charge is -2.03. The highest BCUT2D eigenvalue weighted by Crippen LogP contribution is 2.14. The molecule has 2 N–H and O–H groups in total. The summed E-state index contributed by atoms with van der Waals surface area (Å²) in [4.78, 5) is 4.03. The molecular formula is C8H14ClN3. The third-order valence-electron chi connectivity index (χ3n) is 1.85. The monoisotopic (exact) mass is 187 g/mol. The van der Waals surface area contributed by atoms with E-state index in [2.05, 4.69) is 16.5 Å². The molecule has 1 aromatic heterocycles. The van der Waals surface area contributed by atoms with Gasteiger partial charge in [0, 0.05) is 6.54 Å². The Morgan fingerprint density at radius 3 is 3.00 bits per heavy atom. The van der Waals surface area contributed by atoms with E-state index in [0.717, 1.165) is 25.1 Å². The zero-order valence-electron chi connectivity index (χ0n) is 7.26. The first kappa shape index (κ1) is 9.55. The second-order valence-corrected chi connectivity index (χ2v) is 3.02. The lowest BCUT2D eigenvalue weighted by molar-refractivity contribution is 0.687. The normalized spacial score (nSPS) is 10.6. The molecule has 1 aromatic rings. The fourth-order valence-electron chi connectivity index (χ4n) is 1.17. The number of halogens is 1. The maximum absolute atomic E-state index is 5.89. The maximum atomic E-state index is 5.89. The fourth-order valence-corrected chi connectivity index (χ4v) is 1.42. The number of nitrogens with zero attached hydrogens (tertiary/aromatic N) is 2. The number of rotatable bonds is 4. The summed E-state index contributed by atoms with van der Waals surface area (Å²) in [6.45, 7) is 3.69. The molecule has 0 fully saturated rings. The molecule has 0 bridgehead atoms. The fraction of sp³-hybridized carbons (Fsp3) is 0.625. The summed E-state index contributed by atoms with van der Waals surface area (Å²) >= 11 is 5.89. The van der Waals surface area contributed by atoms with E-state index in [1.807, 2.05) is 0 Å². The van der Waals surface area contributed by atoms with E-state index in [1.165, 1.54) is 0 Å². The summed E-state index contributed by atoms with van der Waals surface area (Å²) in [6.07, 6.45) is 3.66. The summed E-state index contributed by atoms with van der Waals surface area (Å²) in [6, 6.07) is 0. The van der Waals surface area contributed by atoms with Gasteiger partial charge in [-0.25, -0.2) is 4.98 Å². The summed E-state index contributed by atoms with van der Waals surface area (Å²) in [5.41, 5.74) is 6.52. The lowest BCUT2D eigenvalue weighted by Crippen LogP contribution is -2.05. The van der Waals surface area contributed by atoms with Crippen LogP contribution in [0.1, 0.15) is 19.0 Å². The Morgan fingerprint density at radius 2 is 2.42 bits per heavy atom. The van der Waals surface area contributed by atoms with E-state index >= 15 is 0 Å². The molecule has 0 atom stereocenters. The largest absolute Gasteiger partial charge is 0.333 e. The van der Waals surface area contributed by atoms with Crippen molar-refractivity contribution < 1.29 is 0 Å². The van der Waals surface area contributed by atoms with Gasteiger partial charge in [-0.1, -0.05) is 11.6 Å². The third kappa shape index (κ3) is 1.99. The van der Waals surface area contributed by atoms with Gasteiger partial charge in [-0.15, -0.1) is 0 Å². The molecule has 12 heavy (non-hydrogen) atoms. The van der Waals surface area contributed by atoms with Gasteiger partial charge < -0.3 is 10.3 Å². The second kappa shape index (κ2) is 4.48. The Labute approximate surface area is 77.5 Å². The molecule has 3 nitrogen and oxygen atoms in total. The van der Waals surface area contributed by atoms with Crippen LogP contribution in [0.3, 0.4) is 0 Å². The van der Waals surface area contributed by atoms with Crippen molar-refractivity contribution >= 4 is 11.6 Å². The van der Waals surface area contributed by atoms with Crippen molar-refractivity contribution in [1.29, 1.82) is 0 Å². The zero-order chi connectivity index (χ0) is 8.97. The van der Waals surface area contributed by atoms with E-state index in [-0.39, 0.29) is 0 Å². The average molecular weight is 188 g/mol.